The summed E-state index contributed by atoms with van der Waals surface area (Å²) in [6.07, 6.45) is 3.55. The van der Waals surface area contributed by atoms with Crippen LogP contribution in [-0.4, -0.2) is 49.3 Å². The second-order valence-corrected chi connectivity index (χ2v) is 8.20. The number of nitrogens with two attached hydrogens (primary N) is 2. The van der Waals surface area contributed by atoms with Gasteiger partial charge in [0.15, 0.2) is 5.84 Å². The van der Waals surface area contributed by atoms with Gasteiger partial charge in [0.2, 0.25) is 0 Å². The van der Waals surface area contributed by atoms with Gasteiger partial charge in [0, 0.05) is 17.8 Å². The number of hydrogen-bond donors (Lipinski definition) is 4. The topological polar surface area (TPSA) is 148 Å². The smallest absolute Gasteiger partial charge is 0.259 e. The number of anilines is 1. The zero-order valence-electron chi connectivity index (χ0n) is 19.5. The van der Waals surface area contributed by atoms with Crippen molar-refractivity contribution in [1.82, 2.24) is 19.8 Å². The van der Waals surface area contributed by atoms with E-state index in [-0.39, 0.29) is 35.6 Å². The molecule has 1 unspecified atom stereocenters. The highest BCUT2D eigenvalue weighted by molar-refractivity contribution is 6.05. The summed E-state index contributed by atoms with van der Waals surface area (Å²) in [5.41, 5.74) is 2.31. The van der Waals surface area contributed by atoms with Gasteiger partial charge in [-0.15, -0.1) is 0 Å². The third kappa shape index (κ3) is 5.21. The van der Waals surface area contributed by atoms with Gasteiger partial charge in [-0.2, -0.15) is 10.2 Å². The van der Waals surface area contributed by atoms with Crippen LogP contribution >= 0.6 is 0 Å². The van der Waals surface area contributed by atoms with Gasteiger partial charge in [-0.3, -0.25) is 14.5 Å². The molecule has 0 saturated heterocycles. The maximum absolute atomic E-state index is 14.7. The molecular weight excluding hydrogens is 439 g/mol. The van der Waals surface area contributed by atoms with E-state index < -0.39 is 17.8 Å². The summed E-state index contributed by atoms with van der Waals surface area (Å²) >= 11 is 0. The lowest BCUT2D eigenvalue weighted by Crippen LogP contribution is -2.47. The normalized spacial score (nSPS) is 12.6. The van der Waals surface area contributed by atoms with Crippen LogP contribution in [0.25, 0.3) is 11.1 Å². The molecule has 34 heavy (non-hydrogen) atoms. The molecular formula is C23H29FN8O2. The van der Waals surface area contributed by atoms with Crippen molar-refractivity contribution in [2.45, 2.75) is 39.8 Å². The van der Waals surface area contributed by atoms with Gasteiger partial charge >= 0.3 is 0 Å². The first-order chi connectivity index (χ1) is 16.2. The van der Waals surface area contributed by atoms with Gasteiger partial charge in [-0.05, 0) is 63.1 Å². The number of aliphatic hydroxyl groups excluding tert-OH is 1. The summed E-state index contributed by atoms with van der Waals surface area (Å²) in [5.74, 6) is 10.4. The summed E-state index contributed by atoms with van der Waals surface area (Å²) < 4.78 is 16.5. The maximum Gasteiger partial charge on any atom is 0.259 e. The lowest BCUT2D eigenvalue weighted by atomic mass is 9.99. The molecule has 3 aromatic rings. The first-order valence-corrected chi connectivity index (χ1v) is 10.7. The highest BCUT2D eigenvalue weighted by Gasteiger charge is 2.20. The van der Waals surface area contributed by atoms with E-state index in [1.54, 1.807) is 42.9 Å². The zero-order chi connectivity index (χ0) is 25.0. The molecule has 11 heteroatoms. The summed E-state index contributed by atoms with van der Waals surface area (Å²) in [4.78, 5) is 17.3. The van der Waals surface area contributed by atoms with E-state index in [9.17, 15) is 14.3 Å². The average Bonchev–Trinajstić information content (AvgIpc) is 3.29. The predicted octanol–water partition coefficient (Wildman–Crippen LogP) is 2.40. The lowest BCUT2D eigenvalue weighted by Gasteiger charge is -2.25. The molecule has 0 saturated carbocycles. The van der Waals surface area contributed by atoms with Crippen LogP contribution in [0.2, 0.25) is 0 Å². The highest BCUT2D eigenvalue weighted by atomic mass is 19.1. The number of rotatable bonds is 7. The maximum atomic E-state index is 14.7. The Labute approximate surface area is 197 Å². The minimum atomic E-state index is -0.667. The van der Waals surface area contributed by atoms with E-state index in [2.05, 4.69) is 20.5 Å². The van der Waals surface area contributed by atoms with E-state index in [4.69, 9.17) is 11.7 Å². The number of hydrogen-bond acceptors (Lipinski definition) is 7. The Balaban J connectivity index is 1.89. The molecule has 0 fully saturated rings. The summed E-state index contributed by atoms with van der Waals surface area (Å²) in [6.45, 7) is 7.24. The second-order valence-electron chi connectivity index (χ2n) is 8.20. The number of aryl methyl sites for hydroxylation is 1. The first-order valence-electron chi connectivity index (χ1n) is 10.7. The van der Waals surface area contributed by atoms with Crippen molar-refractivity contribution in [2.24, 2.45) is 16.8 Å². The third-order valence-corrected chi connectivity index (χ3v) is 5.33. The van der Waals surface area contributed by atoms with Crippen molar-refractivity contribution in [3.63, 3.8) is 0 Å². The van der Waals surface area contributed by atoms with Crippen LogP contribution in [0.4, 0.5) is 10.2 Å². The predicted molar refractivity (Wildman–Crippen MR) is 128 cm³/mol. The van der Waals surface area contributed by atoms with E-state index in [1.165, 1.54) is 17.1 Å². The number of amidine groups is 1. The Kier molecular flexibility index (Phi) is 7.59. The average molecular weight is 469 g/mol. The molecule has 1 aromatic carbocycles. The Bertz CT molecular complexity index is 1210. The second kappa shape index (κ2) is 10.4. The minimum Gasteiger partial charge on any atom is -0.394 e. The molecule has 1 amide bonds. The fourth-order valence-electron chi connectivity index (χ4n) is 3.29. The van der Waals surface area contributed by atoms with Crippen LogP contribution in [0.1, 0.15) is 48.4 Å². The number of benzene rings is 1. The van der Waals surface area contributed by atoms with Crippen molar-refractivity contribution in [3.05, 3.63) is 65.4 Å². The van der Waals surface area contributed by atoms with E-state index in [1.807, 2.05) is 20.0 Å². The highest BCUT2D eigenvalue weighted by Crippen LogP contribution is 2.27. The van der Waals surface area contributed by atoms with E-state index >= 15 is 0 Å². The molecule has 0 spiro atoms. The van der Waals surface area contributed by atoms with Gasteiger partial charge in [-0.1, -0.05) is 6.07 Å². The molecule has 2 aromatic heterocycles. The summed E-state index contributed by atoms with van der Waals surface area (Å²) in [7, 11) is 0. The number of nitrogens with one attached hydrogen (secondary N) is 1. The van der Waals surface area contributed by atoms with Gasteiger partial charge in [0.1, 0.15) is 17.3 Å². The largest absolute Gasteiger partial charge is 0.394 e. The number of hydrazone groups is 1. The van der Waals surface area contributed by atoms with Gasteiger partial charge < -0.3 is 16.3 Å². The Hall–Kier alpha value is -3.83. The summed E-state index contributed by atoms with van der Waals surface area (Å²) in [5, 5.41) is 21.1. The molecule has 0 aliphatic carbocycles. The minimum absolute atomic E-state index is 0.114. The molecule has 0 aliphatic heterocycles. The van der Waals surface area contributed by atoms with Gasteiger partial charge in [0.25, 0.3) is 5.91 Å². The number of amides is 1. The third-order valence-electron chi connectivity index (χ3n) is 5.33. The van der Waals surface area contributed by atoms with E-state index in [0.29, 0.717) is 11.1 Å². The molecule has 2 heterocycles. The Morgan fingerprint density at radius 1 is 1.32 bits per heavy atom. The number of aliphatic hydroxyl groups is 1. The van der Waals surface area contributed by atoms with Crippen LogP contribution < -0.4 is 17.0 Å². The van der Waals surface area contributed by atoms with Crippen LogP contribution in [0, 0.1) is 12.7 Å². The number of carbonyl (C=O) groups excluding carboxylic acids is 1. The van der Waals surface area contributed by atoms with Crippen molar-refractivity contribution in [2.75, 3.05) is 11.9 Å². The van der Waals surface area contributed by atoms with Crippen LogP contribution in [-0.2, 0) is 0 Å². The van der Waals surface area contributed by atoms with Gasteiger partial charge in [0.05, 0.1) is 24.4 Å². The molecule has 10 nitrogen and oxygen atoms in total. The molecule has 0 bridgehead atoms. The summed E-state index contributed by atoms with van der Waals surface area (Å²) in [6, 6.07) is 7.29. The SMILES string of the molecule is Cc1cc(F)c(C(=O)Nc2cccc(/C(=N/N)N(N)C(C)CO)n2)cc1-c1cnn(C(C)C)c1. The van der Waals surface area contributed by atoms with Crippen LogP contribution in [0.15, 0.2) is 47.8 Å². The molecule has 0 radical (unpaired) electrons. The first kappa shape index (κ1) is 24.8. The van der Waals surface area contributed by atoms with Crippen LogP contribution in [0.3, 0.4) is 0 Å². The van der Waals surface area contributed by atoms with E-state index in [0.717, 1.165) is 5.56 Å². The van der Waals surface area contributed by atoms with Crippen molar-refractivity contribution in [3.8, 4) is 11.1 Å². The fourth-order valence-corrected chi connectivity index (χ4v) is 3.29. The molecule has 1 atom stereocenters. The number of nitrogens with zero attached hydrogens (tertiary/aromatic N) is 5. The van der Waals surface area contributed by atoms with Gasteiger partial charge in [-0.25, -0.2) is 15.2 Å². The Morgan fingerprint density at radius 2 is 2.06 bits per heavy atom. The number of carbonyl (C=O) groups is 1. The fraction of sp³-hybridized carbons (Fsp3) is 0.304. The number of hydrazine groups is 1. The van der Waals surface area contributed by atoms with Crippen molar-refractivity contribution < 1.29 is 14.3 Å². The molecule has 0 aliphatic rings. The van der Waals surface area contributed by atoms with Crippen molar-refractivity contribution >= 4 is 17.6 Å². The number of pyridine rings is 1. The number of halogens is 1. The zero-order valence-corrected chi connectivity index (χ0v) is 19.5. The molecule has 180 valence electrons. The van der Waals surface area contributed by atoms with Crippen molar-refractivity contribution in [1.29, 1.82) is 0 Å². The number of aromatic nitrogens is 3. The molecule has 3 rings (SSSR count). The Morgan fingerprint density at radius 3 is 2.68 bits per heavy atom. The molecule has 6 N–H and O–H groups in total. The quantitative estimate of drug-likeness (QED) is 0.180. The monoisotopic (exact) mass is 468 g/mol. The standard InChI is InChI=1S/C23H29FN8O2/c1-13(2)31-11-16(10-27-31)17-9-18(19(24)8-14(17)3)23(34)29-21-7-5-6-20(28-21)22(30-25)32(26)15(4)12-33/h5-11,13,15,33H,12,25-26H2,1-4H3,(H,28,29,34)/b30-22-. The van der Waals surface area contributed by atoms with Crippen LogP contribution in [0.5, 0.6) is 0 Å². The lowest BCUT2D eigenvalue weighted by molar-refractivity contribution is 0.102.